The lowest BCUT2D eigenvalue weighted by Gasteiger charge is -2.00. The maximum atomic E-state index is 8.83. The van der Waals surface area contributed by atoms with Gasteiger partial charge in [-0.25, -0.2) is 0 Å². The van der Waals surface area contributed by atoms with Gasteiger partial charge in [0.1, 0.15) is 6.61 Å². The van der Waals surface area contributed by atoms with Crippen LogP contribution in [0.5, 0.6) is 0 Å². The van der Waals surface area contributed by atoms with Gasteiger partial charge < -0.3 is 9.63 Å². The van der Waals surface area contributed by atoms with Gasteiger partial charge in [0.05, 0.1) is 5.69 Å². The van der Waals surface area contributed by atoms with E-state index in [2.05, 4.69) is 12.1 Å². The average Bonchev–Trinajstić information content (AvgIpc) is 2.80. The minimum absolute atomic E-state index is 0.0512. The van der Waals surface area contributed by atoms with E-state index in [0.717, 1.165) is 12.1 Å². The summed E-state index contributed by atoms with van der Waals surface area (Å²) < 4.78 is 4.94. The van der Waals surface area contributed by atoms with Gasteiger partial charge in [0, 0.05) is 6.07 Å². The van der Waals surface area contributed by atoms with Crippen molar-refractivity contribution < 1.29 is 9.63 Å². The van der Waals surface area contributed by atoms with Crippen molar-refractivity contribution in [1.29, 1.82) is 0 Å². The fourth-order valence-electron chi connectivity index (χ4n) is 1.99. The Morgan fingerprint density at radius 2 is 1.71 bits per heavy atom. The molecule has 0 unspecified atom stereocenters. The van der Waals surface area contributed by atoms with Gasteiger partial charge in [-0.1, -0.05) is 57.0 Å². The second-order valence-corrected chi connectivity index (χ2v) is 4.67. The summed E-state index contributed by atoms with van der Waals surface area (Å²) in [4.78, 5) is 0. The first-order valence-electron chi connectivity index (χ1n) is 6.92. The summed E-state index contributed by atoms with van der Waals surface area (Å²) in [5, 5.41) is 12.7. The highest BCUT2D eigenvalue weighted by Gasteiger charge is 2.02. The molecule has 0 aliphatic carbocycles. The molecule has 1 rings (SSSR count). The van der Waals surface area contributed by atoms with Crippen LogP contribution in [0.3, 0.4) is 0 Å². The third-order valence-corrected chi connectivity index (χ3v) is 3.05. The number of aromatic nitrogens is 1. The van der Waals surface area contributed by atoms with Gasteiger partial charge in [-0.3, -0.25) is 0 Å². The fourth-order valence-corrected chi connectivity index (χ4v) is 1.99. The smallest absolute Gasteiger partial charge is 0.162 e. The van der Waals surface area contributed by atoms with Gasteiger partial charge in [-0.15, -0.1) is 0 Å². The van der Waals surface area contributed by atoms with Crippen LogP contribution < -0.4 is 0 Å². The molecule has 0 aromatic carbocycles. The summed E-state index contributed by atoms with van der Waals surface area (Å²) in [6, 6.07) is 1.85. The number of aryl methyl sites for hydroxylation is 1. The van der Waals surface area contributed by atoms with Gasteiger partial charge in [-0.05, 0) is 12.8 Å². The molecule has 1 heterocycles. The normalized spacial score (nSPS) is 10.9. The second-order valence-electron chi connectivity index (χ2n) is 4.67. The van der Waals surface area contributed by atoms with Crippen molar-refractivity contribution in [3.05, 3.63) is 17.5 Å². The molecule has 0 aliphatic heterocycles. The number of nitrogens with zero attached hydrogens (tertiary/aromatic N) is 1. The third kappa shape index (κ3) is 6.47. The lowest BCUT2D eigenvalue weighted by Crippen LogP contribution is -1.86. The van der Waals surface area contributed by atoms with Crippen LogP contribution in [-0.2, 0) is 13.0 Å². The van der Waals surface area contributed by atoms with E-state index in [1.807, 2.05) is 6.07 Å². The van der Waals surface area contributed by atoms with Crippen LogP contribution in [0.2, 0.25) is 0 Å². The van der Waals surface area contributed by atoms with Crippen molar-refractivity contribution >= 4 is 0 Å². The maximum absolute atomic E-state index is 8.83. The molecule has 0 fully saturated rings. The predicted octanol–water partition coefficient (Wildman–Crippen LogP) is 3.85. The molecule has 0 radical (unpaired) electrons. The van der Waals surface area contributed by atoms with E-state index >= 15 is 0 Å². The molecule has 0 saturated heterocycles. The molecule has 17 heavy (non-hydrogen) atoms. The number of unbranched alkanes of at least 4 members (excludes halogenated alkanes) is 7. The molecule has 0 spiro atoms. The lowest BCUT2D eigenvalue weighted by atomic mass is 10.1. The largest absolute Gasteiger partial charge is 0.388 e. The first-order chi connectivity index (χ1) is 8.36. The Hall–Kier alpha value is -0.830. The van der Waals surface area contributed by atoms with Crippen LogP contribution in [0, 0.1) is 0 Å². The van der Waals surface area contributed by atoms with Crippen molar-refractivity contribution in [3.63, 3.8) is 0 Å². The Morgan fingerprint density at radius 1 is 1.06 bits per heavy atom. The standard InChI is InChI=1S/C14H25NO2/c1-2-3-4-5-6-7-8-9-10-13-11-14(12-16)17-15-13/h11,16H,2-10,12H2,1H3. The highest BCUT2D eigenvalue weighted by molar-refractivity contribution is 5.04. The summed E-state index contributed by atoms with van der Waals surface area (Å²) in [6.45, 7) is 2.20. The van der Waals surface area contributed by atoms with Crippen LogP contribution in [0.15, 0.2) is 10.6 Å². The first-order valence-corrected chi connectivity index (χ1v) is 6.92. The highest BCUT2D eigenvalue weighted by Crippen LogP contribution is 2.11. The molecule has 3 heteroatoms. The second kappa shape index (κ2) is 9.23. The number of rotatable bonds is 10. The number of hydrogen-bond donors (Lipinski definition) is 1. The van der Waals surface area contributed by atoms with Crippen LogP contribution in [0.4, 0.5) is 0 Å². The zero-order valence-corrected chi connectivity index (χ0v) is 11.0. The van der Waals surface area contributed by atoms with Gasteiger partial charge in [0.2, 0.25) is 0 Å². The van der Waals surface area contributed by atoms with Crippen LogP contribution in [0.1, 0.15) is 69.7 Å². The van der Waals surface area contributed by atoms with E-state index in [4.69, 9.17) is 9.63 Å². The minimum Gasteiger partial charge on any atom is -0.388 e. The van der Waals surface area contributed by atoms with E-state index in [1.54, 1.807) is 0 Å². The Bertz CT molecular complexity index is 284. The molecule has 1 N–H and O–H groups in total. The Balaban J connectivity index is 1.93. The molecule has 98 valence electrons. The summed E-state index contributed by atoms with van der Waals surface area (Å²) in [5.41, 5.74) is 0.972. The third-order valence-electron chi connectivity index (χ3n) is 3.05. The quantitative estimate of drug-likeness (QED) is 0.631. The van der Waals surface area contributed by atoms with E-state index < -0.39 is 0 Å². The van der Waals surface area contributed by atoms with Gasteiger partial charge in [0.15, 0.2) is 5.76 Å². The minimum atomic E-state index is -0.0512. The fraction of sp³-hybridized carbons (Fsp3) is 0.786. The number of aliphatic hydroxyl groups excluding tert-OH is 1. The summed E-state index contributed by atoms with van der Waals surface area (Å²) in [7, 11) is 0. The number of aliphatic hydroxyl groups is 1. The van der Waals surface area contributed by atoms with Crippen molar-refractivity contribution in [2.45, 2.75) is 71.3 Å². The Kier molecular flexibility index (Phi) is 7.72. The molecule has 0 saturated carbocycles. The van der Waals surface area contributed by atoms with Gasteiger partial charge >= 0.3 is 0 Å². The molecule has 0 bridgehead atoms. The molecule has 1 aromatic rings. The van der Waals surface area contributed by atoms with E-state index in [1.165, 1.54) is 51.4 Å². The lowest BCUT2D eigenvalue weighted by molar-refractivity contribution is 0.228. The molecular weight excluding hydrogens is 214 g/mol. The van der Waals surface area contributed by atoms with E-state index in [-0.39, 0.29) is 6.61 Å². The monoisotopic (exact) mass is 239 g/mol. The molecule has 3 nitrogen and oxygen atoms in total. The topological polar surface area (TPSA) is 46.3 Å². The van der Waals surface area contributed by atoms with Gasteiger partial charge in [-0.2, -0.15) is 0 Å². The molecule has 1 aromatic heterocycles. The average molecular weight is 239 g/mol. The van der Waals surface area contributed by atoms with Crippen molar-refractivity contribution in [2.24, 2.45) is 0 Å². The van der Waals surface area contributed by atoms with Crippen molar-refractivity contribution in [3.8, 4) is 0 Å². The van der Waals surface area contributed by atoms with Crippen LogP contribution in [0.25, 0.3) is 0 Å². The molecule has 0 aliphatic rings. The highest BCUT2D eigenvalue weighted by atomic mass is 16.5. The zero-order chi connectivity index (χ0) is 12.3. The molecular formula is C14H25NO2. The Labute approximate surface area is 104 Å². The molecule has 0 amide bonds. The summed E-state index contributed by atoms with van der Waals surface area (Å²) in [5.74, 6) is 0.569. The Morgan fingerprint density at radius 3 is 2.29 bits per heavy atom. The molecule has 0 atom stereocenters. The van der Waals surface area contributed by atoms with E-state index in [9.17, 15) is 0 Å². The predicted molar refractivity (Wildman–Crippen MR) is 68.7 cm³/mol. The van der Waals surface area contributed by atoms with Crippen molar-refractivity contribution in [1.82, 2.24) is 5.16 Å². The van der Waals surface area contributed by atoms with Crippen LogP contribution >= 0.6 is 0 Å². The van der Waals surface area contributed by atoms with Gasteiger partial charge in [0.25, 0.3) is 0 Å². The van der Waals surface area contributed by atoms with Crippen molar-refractivity contribution in [2.75, 3.05) is 0 Å². The van der Waals surface area contributed by atoms with E-state index in [0.29, 0.717) is 5.76 Å². The summed E-state index contributed by atoms with van der Waals surface area (Å²) in [6.07, 6.45) is 11.6. The first kappa shape index (κ1) is 14.2. The zero-order valence-electron chi connectivity index (χ0n) is 11.0. The van der Waals surface area contributed by atoms with Crippen LogP contribution in [-0.4, -0.2) is 10.3 Å². The number of hydrogen-bond acceptors (Lipinski definition) is 3. The summed E-state index contributed by atoms with van der Waals surface area (Å²) >= 11 is 0. The SMILES string of the molecule is CCCCCCCCCCc1cc(CO)on1. The maximum Gasteiger partial charge on any atom is 0.162 e.